The van der Waals surface area contributed by atoms with E-state index in [9.17, 15) is 9.67 Å². The molecule has 0 heterocycles. The van der Waals surface area contributed by atoms with Crippen LogP contribution in [0.25, 0.3) is 0 Å². The molecule has 0 radical (unpaired) electrons. The highest BCUT2D eigenvalue weighted by molar-refractivity contribution is 7.46. The molecule has 1 atom stereocenters. The number of phosphoric acid groups is 1. The van der Waals surface area contributed by atoms with Gasteiger partial charge in [0.25, 0.3) is 0 Å². The number of hydrogen-bond donors (Lipinski definition) is 3. The highest BCUT2D eigenvalue weighted by atomic mass is 31.2. The Hall–Kier alpha value is -0.910. The maximum absolute atomic E-state index is 10.6. The molecule has 1 aromatic carbocycles. The second-order valence-electron chi connectivity index (χ2n) is 8.03. The van der Waals surface area contributed by atoms with Crippen molar-refractivity contribution in [2.24, 2.45) is 0 Å². The minimum absolute atomic E-state index is 0.263. The molecule has 0 amide bonds. The molecule has 3 N–H and O–H groups in total. The van der Waals surface area contributed by atoms with Crippen LogP contribution in [0.3, 0.4) is 0 Å². The van der Waals surface area contributed by atoms with Gasteiger partial charge in [-0.25, -0.2) is 4.57 Å². The molecule has 0 aliphatic rings. The Morgan fingerprint density at radius 3 is 1.83 bits per heavy atom. The van der Waals surface area contributed by atoms with Gasteiger partial charge in [-0.15, -0.1) is 0 Å². The monoisotopic (exact) mass is 444 g/mol. The molecular weight excluding hydrogens is 403 g/mol. The van der Waals surface area contributed by atoms with Gasteiger partial charge in [-0.1, -0.05) is 89.7 Å². The molecule has 0 fully saturated rings. The van der Waals surface area contributed by atoms with Gasteiger partial charge in [-0.3, -0.25) is 4.52 Å². The summed E-state index contributed by atoms with van der Waals surface area (Å²) in [6.07, 6.45) is 15.1. The van der Waals surface area contributed by atoms with Crippen molar-refractivity contribution in [2.75, 3.05) is 13.2 Å². The van der Waals surface area contributed by atoms with E-state index in [1.807, 2.05) is 24.3 Å². The predicted octanol–water partition coefficient (Wildman–Crippen LogP) is 5.78. The van der Waals surface area contributed by atoms with E-state index in [2.05, 4.69) is 11.4 Å². The van der Waals surface area contributed by atoms with Crippen LogP contribution in [0, 0.1) is 0 Å². The summed E-state index contributed by atoms with van der Waals surface area (Å²) in [5.74, 6) is 0.794. The van der Waals surface area contributed by atoms with Crippen LogP contribution < -0.4 is 4.74 Å². The average Bonchev–Trinajstić information content (AvgIpc) is 2.70. The van der Waals surface area contributed by atoms with Gasteiger partial charge in [-0.05, 0) is 24.1 Å². The van der Waals surface area contributed by atoms with Crippen molar-refractivity contribution in [3.8, 4) is 5.75 Å². The number of aliphatic hydroxyl groups is 1. The minimum Gasteiger partial charge on any atom is -0.494 e. The molecule has 0 aliphatic heterocycles. The quantitative estimate of drug-likeness (QED) is 0.185. The third-order valence-corrected chi connectivity index (χ3v) is 5.58. The van der Waals surface area contributed by atoms with E-state index >= 15 is 0 Å². The summed E-state index contributed by atoms with van der Waals surface area (Å²) < 4.78 is 20.7. The van der Waals surface area contributed by atoms with E-state index in [1.54, 1.807) is 0 Å². The second kappa shape index (κ2) is 16.7. The molecule has 6 nitrogen and oxygen atoms in total. The maximum Gasteiger partial charge on any atom is 0.469 e. The van der Waals surface area contributed by atoms with Crippen molar-refractivity contribution in [1.29, 1.82) is 0 Å². The van der Waals surface area contributed by atoms with Gasteiger partial charge >= 0.3 is 7.82 Å². The van der Waals surface area contributed by atoms with Crippen molar-refractivity contribution < 1.29 is 28.7 Å². The molecule has 1 unspecified atom stereocenters. The van der Waals surface area contributed by atoms with E-state index in [1.165, 1.54) is 70.6 Å². The third kappa shape index (κ3) is 15.9. The Balaban J connectivity index is 2.00. The molecule has 7 heteroatoms. The Kier molecular flexibility index (Phi) is 15.1. The first-order valence-electron chi connectivity index (χ1n) is 11.5. The molecule has 0 saturated carbocycles. The smallest absolute Gasteiger partial charge is 0.469 e. The van der Waals surface area contributed by atoms with E-state index in [-0.39, 0.29) is 6.42 Å². The van der Waals surface area contributed by atoms with Gasteiger partial charge in [-0.2, -0.15) is 0 Å². The van der Waals surface area contributed by atoms with E-state index in [0.29, 0.717) is 6.61 Å². The Labute approximate surface area is 182 Å². The fourth-order valence-corrected chi connectivity index (χ4v) is 3.74. The number of hydrogen-bond acceptors (Lipinski definition) is 4. The van der Waals surface area contributed by atoms with Crippen molar-refractivity contribution in [1.82, 2.24) is 0 Å². The van der Waals surface area contributed by atoms with Crippen molar-refractivity contribution >= 4 is 7.82 Å². The van der Waals surface area contributed by atoms with Gasteiger partial charge in [0.15, 0.2) is 0 Å². The SMILES string of the molecule is CCCCCCCCCCCCCCOc1ccc(CC(O)COP(=O)(O)O)cc1. The Bertz CT molecular complexity index is 572. The standard InChI is InChI=1S/C23H41O6P/c1-2-3-4-5-6-7-8-9-10-11-12-13-18-28-23-16-14-21(15-17-23)19-22(24)20-29-30(25,26)27/h14-17,22,24H,2-13,18-20H2,1H3,(H2,25,26,27). The Morgan fingerprint density at radius 1 is 0.833 bits per heavy atom. The van der Waals surface area contributed by atoms with E-state index in [0.717, 1.165) is 17.7 Å². The molecule has 0 saturated heterocycles. The number of unbranched alkanes of at least 4 members (excludes halogenated alkanes) is 11. The number of rotatable bonds is 19. The summed E-state index contributed by atoms with van der Waals surface area (Å²) in [5.41, 5.74) is 0.856. The lowest BCUT2D eigenvalue weighted by atomic mass is 10.1. The number of aliphatic hydroxyl groups excluding tert-OH is 1. The van der Waals surface area contributed by atoms with Gasteiger partial charge in [0.05, 0.1) is 19.3 Å². The van der Waals surface area contributed by atoms with Gasteiger partial charge in [0, 0.05) is 6.42 Å². The van der Waals surface area contributed by atoms with E-state index in [4.69, 9.17) is 14.5 Å². The van der Waals surface area contributed by atoms with Crippen LogP contribution >= 0.6 is 7.82 Å². The van der Waals surface area contributed by atoms with Crippen LogP contribution in [0.1, 0.15) is 89.5 Å². The summed E-state index contributed by atoms with van der Waals surface area (Å²) in [5, 5.41) is 9.77. The summed E-state index contributed by atoms with van der Waals surface area (Å²) >= 11 is 0. The van der Waals surface area contributed by atoms with Crippen molar-refractivity contribution in [2.45, 2.75) is 96.5 Å². The van der Waals surface area contributed by atoms with E-state index < -0.39 is 20.5 Å². The molecule has 0 spiro atoms. The topological polar surface area (TPSA) is 96.2 Å². The molecule has 0 bridgehead atoms. The molecule has 174 valence electrons. The zero-order valence-electron chi connectivity index (χ0n) is 18.5. The van der Waals surface area contributed by atoms with Gasteiger partial charge in [0.1, 0.15) is 5.75 Å². The number of phosphoric ester groups is 1. The fraction of sp³-hybridized carbons (Fsp3) is 0.739. The summed E-state index contributed by atoms with van der Waals surface area (Å²) in [6.45, 7) is 2.56. The molecular formula is C23H41O6P. The molecule has 1 rings (SSSR count). The zero-order valence-corrected chi connectivity index (χ0v) is 19.4. The third-order valence-electron chi connectivity index (χ3n) is 5.10. The fourth-order valence-electron chi connectivity index (χ4n) is 3.37. The Morgan fingerprint density at radius 2 is 1.33 bits per heavy atom. The lowest BCUT2D eigenvalue weighted by Gasteiger charge is -2.12. The minimum atomic E-state index is -4.55. The maximum atomic E-state index is 10.6. The summed E-state index contributed by atoms with van der Waals surface area (Å²) in [4.78, 5) is 17.3. The van der Waals surface area contributed by atoms with Crippen LogP contribution in [0.4, 0.5) is 0 Å². The number of benzene rings is 1. The van der Waals surface area contributed by atoms with Crippen LogP contribution in [0.5, 0.6) is 5.75 Å². The highest BCUT2D eigenvalue weighted by Crippen LogP contribution is 2.35. The molecule has 1 aromatic rings. The zero-order chi connectivity index (χ0) is 22.1. The van der Waals surface area contributed by atoms with Gasteiger partial charge < -0.3 is 19.6 Å². The van der Waals surface area contributed by atoms with Crippen molar-refractivity contribution in [3.63, 3.8) is 0 Å². The molecule has 30 heavy (non-hydrogen) atoms. The van der Waals surface area contributed by atoms with Crippen LogP contribution in [-0.2, 0) is 15.5 Å². The first kappa shape index (κ1) is 27.1. The van der Waals surface area contributed by atoms with Crippen LogP contribution in [0.2, 0.25) is 0 Å². The van der Waals surface area contributed by atoms with Gasteiger partial charge in [0.2, 0.25) is 0 Å². The summed E-state index contributed by atoms with van der Waals surface area (Å²) in [7, 11) is -4.55. The number of ether oxygens (including phenoxy) is 1. The van der Waals surface area contributed by atoms with Crippen LogP contribution in [0.15, 0.2) is 24.3 Å². The predicted molar refractivity (Wildman–Crippen MR) is 121 cm³/mol. The summed E-state index contributed by atoms with van der Waals surface area (Å²) in [6, 6.07) is 7.40. The first-order chi connectivity index (χ1) is 14.4. The second-order valence-corrected chi connectivity index (χ2v) is 9.27. The lowest BCUT2D eigenvalue weighted by molar-refractivity contribution is 0.0852. The normalized spacial score (nSPS) is 12.8. The van der Waals surface area contributed by atoms with Crippen molar-refractivity contribution in [3.05, 3.63) is 29.8 Å². The van der Waals surface area contributed by atoms with Crippen LogP contribution in [-0.4, -0.2) is 34.2 Å². The lowest BCUT2D eigenvalue weighted by Crippen LogP contribution is -2.17. The highest BCUT2D eigenvalue weighted by Gasteiger charge is 2.17. The molecule has 0 aromatic heterocycles. The largest absolute Gasteiger partial charge is 0.494 e. The molecule has 0 aliphatic carbocycles. The average molecular weight is 445 g/mol. The first-order valence-corrected chi connectivity index (χ1v) is 13.0.